The molecule has 1 aromatic carbocycles. The topological polar surface area (TPSA) is 12.0 Å². The van der Waals surface area contributed by atoms with Crippen molar-refractivity contribution >= 4 is 11.8 Å². The summed E-state index contributed by atoms with van der Waals surface area (Å²) < 4.78 is 0. The number of aryl methyl sites for hydroxylation is 1. The molecule has 1 aliphatic rings. The smallest absolute Gasteiger partial charge is 0.0326 e. The van der Waals surface area contributed by atoms with Crippen LogP contribution < -0.4 is 5.32 Å². The van der Waals surface area contributed by atoms with Crippen LogP contribution in [0.5, 0.6) is 0 Å². The summed E-state index contributed by atoms with van der Waals surface area (Å²) in [5.74, 6) is 2.02. The molecule has 0 radical (unpaired) electrons. The van der Waals surface area contributed by atoms with Crippen LogP contribution in [-0.4, -0.2) is 18.6 Å². The first kappa shape index (κ1) is 12.0. The highest BCUT2D eigenvalue weighted by Crippen LogP contribution is 2.30. The molecule has 0 heterocycles. The van der Waals surface area contributed by atoms with Crippen molar-refractivity contribution in [3.63, 3.8) is 0 Å². The second-order valence-corrected chi connectivity index (χ2v) is 5.67. The molecule has 0 aliphatic heterocycles. The fourth-order valence-corrected chi connectivity index (χ4v) is 3.14. The normalized spacial score (nSPS) is 20.8. The van der Waals surface area contributed by atoms with Crippen LogP contribution >= 0.6 is 11.8 Å². The van der Waals surface area contributed by atoms with Gasteiger partial charge in [-0.1, -0.05) is 31.2 Å². The van der Waals surface area contributed by atoms with Crippen molar-refractivity contribution in [2.75, 3.05) is 18.6 Å². The molecule has 0 fully saturated rings. The molecule has 1 N–H and O–H groups in total. The van der Waals surface area contributed by atoms with Crippen LogP contribution in [0.4, 0.5) is 0 Å². The van der Waals surface area contributed by atoms with Crippen LogP contribution in [0.2, 0.25) is 0 Å². The van der Waals surface area contributed by atoms with Crippen LogP contribution in [0.1, 0.15) is 30.5 Å². The molecule has 2 unspecified atom stereocenters. The Labute approximate surface area is 103 Å². The Morgan fingerprint density at radius 1 is 1.44 bits per heavy atom. The van der Waals surface area contributed by atoms with Gasteiger partial charge in [-0.2, -0.15) is 11.8 Å². The summed E-state index contributed by atoms with van der Waals surface area (Å²) in [7, 11) is 0. The number of thioether (sulfide) groups is 1. The summed E-state index contributed by atoms with van der Waals surface area (Å²) in [6, 6.07) is 9.45. The average molecular weight is 235 g/mol. The molecule has 0 bridgehead atoms. The van der Waals surface area contributed by atoms with Crippen molar-refractivity contribution in [1.29, 1.82) is 0 Å². The van der Waals surface area contributed by atoms with Gasteiger partial charge in [0.25, 0.3) is 0 Å². The van der Waals surface area contributed by atoms with E-state index < -0.39 is 0 Å². The molecule has 0 aromatic heterocycles. The third kappa shape index (κ3) is 2.80. The molecule has 2 rings (SSSR count). The summed E-state index contributed by atoms with van der Waals surface area (Å²) in [5.41, 5.74) is 3.07. The van der Waals surface area contributed by atoms with Crippen LogP contribution in [0.25, 0.3) is 0 Å². The van der Waals surface area contributed by atoms with Gasteiger partial charge < -0.3 is 5.32 Å². The van der Waals surface area contributed by atoms with Crippen LogP contribution in [0.15, 0.2) is 24.3 Å². The summed E-state index contributed by atoms with van der Waals surface area (Å²) in [4.78, 5) is 0. The van der Waals surface area contributed by atoms with Crippen molar-refractivity contribution in [2.24, 2.45) is 5.92 Å². The van der Waals surface area contributed by atoms with Gasteiger partial charge in [0, 0.05) is 6.04 Å². The van der Waals surface area contributed by atoms with E-state index in [0.29, 0.717) is 6.04 Å². The van der Waals surface area contributed by atoms with E-state index in [1.807, 2.05) is 11.8 Å². The standard InChI is InChI=1S/C14H21NS/c1-11(10-16-2)9-15-14-8-7-12-5-3-4-6-13(12)14/h3-6,11,14-15H,7-10H2,1-2H3. The number of fused-ring (bicyclic) bond motifs is 1. The SMILES string of the molecule is CSCC(C)CNC1CCc2ccccc21. The molecule has 88 valence electrons. The Kier molecular flexibility index (Phi) is 4.30. The minimum atomic E-state index is 0.598. The maximum atomic E-state index is 3.71. The summed E-state index contributed by atoms with van der Waals surface area (Å²) >= 11 is 1.94. The Morgan fingerprint density at radius 2 is 2.25 bits per heavy atom. The Bertz CT molecular complexity index is 337. The van der Waals surface area contributed by atoms with E-state index >= 15 is 0 Å². The lowest BCUT2D eigenvalue weighted by Crippen LogP contribution is -2.25. The van der Waals surface area contributed by atoms with Crippen molar-refractivity contribution in [3.05, 3.63) is 35.4 Å². The second-order valence-electron chi connectivity index (χ2n) is 4.76. The maximum absolute atomic E-state index is 3.71. The van der Waals surface area contributed by atoms with Crippen molar-refractivity contribution in [1.82, 2.24) is 5.32 Å². The van der Waals surface area contributed by atoms with Gasteiger partial charge in [-0.15, -0.1) is 0 Å². The lowest BCUT2D eigenvalue weighted by molar-refractivity contribution is 0.476. The number of nitrogens with one attached hydrogen (secondary N) is 1. The molecule has 1 nitrogen and oxygen atoms in total. The third-order valence-electron chi connectivity index (χ3n) is 3.30. The zero-order valence-corrected chi connectivity index (χ0v) is 11.0. The number of benzene rings is 1. The van der Waals surface area contributed by atoms with Crippen molar-refractivity contribution in [2.45, 2.75) is 25.8 Å². The van der Waals surface area contributed by atoms with Gasteiger partial charge in [0.15, 0.2) is 0 Å². The predicted molar refractivity (Wildman–Crippen MR) is 73.1 cm³/mol. The van der Waals surface area contributed by atoms with Crippen LogP contribution in [0, 0.1) is 5.92 Å². The minimum absolute atomic E-state index is 0.598. The highest BCUT2D eigenvalue weighted by molar-refractivity contribution is 7.98. The molecule has 16 heavy (non-hydrogen) atoms. The van der Waals surface area contributed by atoms with E-state index in [2.05, 4.69) is 42.8 Å². The van der Waals surface area contributed by atoms with E-state index in [4.69, 9.17) is 0 Å². The lowest BCUT2D eigenvalue weighted by Gasteiger charge is -2.17. The molecule has 0 saturated heterocycles. The van der Waals surface area contributed by atoms with Crippen molar-refractivity contribution in [3.8, 4) is 0 Å². The number of hydrogen-bond acceptors (Lipinski definition) is 2. The molecule has 2 atom stereocenters. The van der Waals surface area contributed by atoms with Gasteiger partial charge in [-0.3, -0.25) is 0 Å². The highest BCUT2D eigenvalue weighted by Gasteiger charge is 2.21. The molecule has 0 saturated carbocycles. The fraction of sp³-hybridized carbons (Fsp3) is 0.571. The Balaban J connectivity index is 1.88. The summed E-state index contributed by atoms with van der Waals surface area (Å²) in [5, 5.41) is 3.71. The maximum Gasteiger partial charge on any atom is 0.0326 e. The number of hydrogen-bond donors (Lipinski definition) is 1. The van der Waals surface area contributed by atoms with Gasteiger partial charge in [-0.05, 0) is 48.4 Å². The molecular weight excluding hydrogens is 214 g/mol. The van der Waals surface area contributed by atoms with E-state index in [0.717, 1.165) is 12.5 Å². The molecule has 0 amide bonds. The van der Waals surface area contributed by atoms with Gasteiger partial charge >= 0.3 is 0 Å². The van der Waals surface area contributed by atoms with Gasteiger partial charge in [0.2, 0.25) is 0 Å². The first-order valence-electron chi connectivity index (χ1n) is 6.11. The summed E-state index contributed by atoms with van der Waals surface area (Å²) in [6.45, 7) is 3.46. The molecular formula is C14H21NS. The van der Waals surface area contributed by atoms with Crippen LogP contribution in [-0.2, 0) is 6.42 Å². The zero-order chi connectivity index (χ0) is 11.4. The first-order valence-corrected chi connectivity index (χ1v) is 7.50. The Hall–Kier alpha value is -0.470. The van der Waals surface area contributed by atoms with Gasteiger partial charge in [0.05, 0.1) is 0 Å². The van der Waals surface area contributed by atoms with E-state index in [1.54, 1.807) is 0 Å². The second kappa shape index (κ2) is 5.74. The average Bonchev–Trinajstić information content (AvgIpc) is 2.70. The highest BCUT2D eigenvalue weighted by atomic mass is 32.2. The predicted octanol–water partition coefficient (Wildman–Crippen LogP) is 3.26. The van der Waals surface area contributed by atoms with Gasteiger partial charge in [0.1, 0.15) is 0 Å². The van der Waals surface area contributed by atoms with Crippen LogP contribution in [0.3, 0.4) is 0 Å². The minimum Gasteiger partial charge on any atom is -0.310 e. The van der Waals surface area contributed by atoms with Gasteiger partial charge in [-0.25, -0.2) is 0 Å². The first-order chi connectivity index (χ1) is 7.81. The zero-order valence-electron chi connectivity index (χ0n) is 10.2. The van der Waals surface area contributed by atoms with E-state index in [9.17, 15) is 0 Å². The number of rotatable bonds is 5. The molecule has 1 aromatic rings. The van der Waals surface area contributed by atoms with E-state index in [-0.39, 0.29) is 0 Å². The lowest BCUT2D eigenvalue weighted by atomic mass is 10.1. The third-order valence-corrected chi connectivity index (χ3v) is 4.20. The molecule has 1 aliphatic carbocycles. The largest absolute Gasteiger partial charge is 0.310 e. The van der Waals surface area contributed by atoms with E-state index in [1.165, 1.54) is 29.7 Å². The Morgan fingerprint density at radius 3 is 3.06 bits per heavy atom. The fourth-order valence-electron chi connectivity index (χ4n) is 2.46. The van der Waals surface area contributed by atoms with Crippen molar-refractivity contribution < 1.29 is 0 Å². The monoisotopic (exact) mass is 235 g/mol. The molecule has 2 heteroatoms. The quantitative estimate of drug-likeness (QED) is 0.840. The molecule has 0 spiro atoms. The summed E-state index contributed by atoms with van der Waals surface area (Å²) in [6.07, 6.45) is 4.69.